The van der Waals surface area contributed by atoms with E-state index in [4.69, 9.17) is 0 Å². The number of nitrogens with one attached hydrogen (secondary N) is 1. The molecule has 0 aliphatic carbocycles. The molecule has 0 bridgehead atoms. The van der Waals surface area contributed by atoms with Gasteiger partial charge in [0.2, 0.25) is 0 Å². The van der Waals surface area contributed by atoms with E-state index in [0.717, 1.165) is 5.56 Å². The molecule has 0 fully saturated rings. The lowest BCUT2D eigenvalue weighted by atomic mass is 10.2. The van der Waals surface area contributed by atoms with Crippen molar-refractivity contribution in [2.75, 3.05) is 0 Å². The van der Waals surface area contributed by atoms with Crippen LogP contribution in [-0.2, 0) is 14.8 Å². The van der Waals surface area contributed by atoms with E-state index in [-0.39, 0.29) is 10.7 Å². The fourth-order valence-corrected chi connectivity index (χ4v) is 2.42. The monoisotopic (exact) mass is 253 g/mol. The third kappa shape index (κ3) is 4.03. The number of rotatable bonds is 4. The highest BCUT2D eigenvalue weighted by atomic mass is 32.2. The molecule has 92 valence electrons. The molecule has 1 N–H and O–H groups in total. The van der Waals surface area contributed by atoms with Gasteiger partial charge in [-0.2, -0.15) is 0 Å². The Morgan fingerprint density at radius 3 is 2.18 bits per heavy atom. The topological polar surface area (TPSA) is 63.2 Å². The molecule has 4 nitrogen and oxygen atoms in total. The summed E-state index contributed by atoms with van der Waals surface area (Å²) in [6, 6.07) is 6.49. The lowest BCUT2D eigenvalue weighted by Gasteiger charge is -2.07. The minimum absolute atomic E-state index is 0.180. The summed E-state index contributed by atoms with van der Waals surface area (Å²) in [6.07, 6.45) is 1.24. The fraction of sp³-hybridized carbons (Fsp3) is 0.250. The van der Waals surface area contributed by atoms with Gasteiger partial charge in [-0.1, -0.05) is 17.7 Å². The summed E-state index contributed by atoms with van der Waals surface area (Å²) >= 11 is 0. The quantitative estimate of drug-likeness (QED) is 0.832. The highest BCUT2D eigenvalue weighted by molar-refractivity contribution is 7.89. The number of carbonyl (C=O) groups is 1. The molecule has 0 spiro atoms. The zero-order valence-electron chi connectivity index (χ0n) is 10.0. The second-order valence-corrected chi connectivity index (χ2v) is 5.54. The molecule has 1 aromatic rings. The van der Waals surface area contributed by atoms with Crippen molar-refractivity contribution in [1.29, 1.82) is 0 Å². The summed E-state index contributed by atoms with van der Waals surface area (Å²) in [7, 11) is -3.59. The number of hydrogen-bond donors (Lipinski definition) is 1. The van der Waals surface area contributed by atoms with Crippen LogP contribution in [-0.4, -0.2) is 14.2 Å². The van der Waals surface area contributed by atoms with Crippen LogP contribution in [0.2, 0.25) is 0 Å². The summed E-state index contributed by atoms with van der Waals surface area (Å²) in [5.74, 6) is -0.200. The smallest absolute Gasteiger partial charge is 0.261 e. The average Bonchev–Trinajstić information content (AvgIpc) is 2.15. The lowest BCUT2D eigenvalue weighted by molar-refractivity contribution is -0.112. The van der Waals surface area contributed by atoms with Crippen molar-refractivity contribution in [1.82, 2.24) is 4.72 Å². The molecule has 0 atom stereocenters. The van der Waals surface area contributed by atoms with E-state index in [0.29, 0.717) is 5.70 Å². The first-order chi connectivity index (χ1) is 7.81. The predicted octanol–water partition coefficient (Wildman–Crippen LogP) is 1.77. The summed E-state index contributed by atoms with van der Waals surface area (Å²) in [6.45, 7) is 4.78. The highest BCUT2D eigenvalue weighted by Gasteiger charge is 2.13. The Morgan fingerprint density at radius 2 is 1.71 bits per heavy atom. The zero-order chi connectivity index (χ0) is 13.1. The molecule has 17 heavy (non-hydrogen) atoms. The van der Waals surface area contributed by atoms with Crippen LogP contribution in [0.15, 0.2) is 40.9 Å². The Labute approximate surface area is 101 Å². The second kappa shape index (κ2) is 5.14. The molecule has 0 amide bonds. The first kappa shape index (κ1) is 13.4. The van der Waals surface area contributed by atoms with Gasteiger partial charge >= 0.3 is 0 Å². The van der Waals surface area contributed by atoms with E-state index in [2.05, 4.69) is 4.72 Å². The summed E-state index contributed by atoms with van der Waals surface area (Å²) in [4.78, 5) is 11.0. The third-order valence-electron chi connectivity index (χ3n) is 2.05. The number of allylic oxidation sites excluding steroid dienone is 2. The molecule has 0 unspecified atom stereocenters. The number of benzene rings is 1. The van der Waals surface area contributed by atoms with Crippen molar-refractivity contribution in [3.8, 4) is 0 Å². The van der Waals surface area contributed by atoms with Crippen molar-refractivity contribution in [3.05, 3.63) is 41.6 Å². The third-order valence-corrected chi connectivity index (χ3v) is 3.53. The maximum Gasteiger partial charge on any atom is 0.261 e. The Balaban J connectivity index is 2.97. The van der Waals surface area contributed by atoms with Gasteiger partial charge in [-0.3, -0.25) is 9.52 Å². The largest absolute Gasteiger partial charge is 0.295 e. The van der Waals surface area contributed by atoms with E-state index < -0.39 is 10.0 Å². The molecule has 1 aromatic carbocycles. The van der Waals surface area contributed by atoms with Gasteiger partial charge in [0.25, 0.3) is 10.0 Å². The maximum atomic E-state index is 11.9. The molecule has 0 heterocycles. The standard InChI is InChI=1S/C12H15NO3S/c1-9-4-6-12(7-5-9)17(15,16)13-10(2)8-11(3)14/h4-8,13H,1-3H3/b10-8-. The van der Waals surface area contributed by atoms with E-state index in [1.807, 2.05) is 6.92 Å². The molecule has 0 aliphatic rings. The molecular weight excluding hydrogens is 238 g/mol. The van der Waals surface area contributed by atoms with Crippen LogP contribution in [0.4, 0.5) is 0 Å². The van der Waals surface area contributed by atoms with Crippen molar-refractivity contribution in [2.24, 2.45) is 0 Å². The summed E-state index contributed by atoms with van der Waals surface area (Å²) in [5.41, 5.74) is 1.29. The lowest BCUT2D eigenvalue weighted by Crippen LogP contribution is -2.22. The molecule has 0 saturated carbocycles. The van der Waals surface area contributed by atoms with Gasteiger partial charge in [0.05, 0.1) is 4.90 Å². The molecule has 0 radical (unpaired) electrons. The fourth-order valence-electron chi connectivity index (χ4n) is 1.32. The van der Waals surface area contributed by atoms with Crippen LogP contribution in [0.3, 0.4) is 0 Å². The number of aryl methyl sites for hydroxylation is 1. The first-order valence-corrected chi connectivity index (χ1v) is 6.58. The van der Waals surface area contributed by atoms with Crippen molar-refractivity contribution >= 4 is 15.8 Å². The van der Waals surface area contributed by atoms with Gasteiger partial charge in [-0.05, 0) is 32.9 Å². The predicted molar refractivity (Wildman–Crippen MR) is 65.9 cm³/mol. The van der Waals surface area contributed by atoms with Gasteiger partial charge in [-0.25, -0.2) is 8.42 Å². The van der Waals surface area contributed by atoms with Gasteiger partial charge in [0, 0.05) is 11.8 Å². The summed E-state index contributed by atoms with van der Waals surface area (Å²) < 4.78 is 26.1. The number of carbonyl (C=O) groups excluding carboxylic acids is 1. The molecular formula is C12H15NO3S. The average molecular weight is 253 g/mol. The Kier molecular flexibility index (Phi) is 4.07. The molecule has 1 rings (SSSR count). The molecule has 0 aliphatic heterocycles. The van der Waals surface area contributed by atoms with Crippen LogP contribution in [0.5, 0.6) is 0 Å². The number of sulfonamides is 1. The van der Waals surface area contributed by atoms with Crippen LogP contribution in [0.1, 0.15) is 19.4 Å². The van der Waals surface area contributed by atoms with Crippen molar-refractivity contribution in [2.45, 2.75) is 25.7 Å². The number of hydrogen-bond acceptors (Lipinski definition) is 3. The van der Waals surface area contributed by atoms with Crippen LogP contribution >= 0.6 is 0 Å². The maximum absolute atomic E-state index is 11.9. The van der Waals surface area contributed by atoms with Crippen LogP contribution in [0.25, 0.3) is 0 Å². The minimum Gasteiger partial charge on any atom is -0.295 e. The van der Waals surface area contributed by atoms with E-state index in [1.165, 1.54) is 32.1 Å². The summed E-state index contributed by atoms with van der Waals surface area (Å²) in [5, 5.41) is 0. The SMILES string of the molecule is CC(=O)/C=C(/C)NS(=O)(=O)c1ccc(C)cc1. The van der Waals surface area contributed by atoms with Crippen LogP contribution in [0, 0.1) is 6.92 Å². The Hall–Kier alpha value is -1.62. The van der Waals surface area contributed by atoms with Crippen LogP contribution < -0.4 is 4.72 Å². The normalized spacial score (nSPS) is 12.3. The number of ketones is 1. The van der Waals surface area contributed by atoms with Gasteiger partial charge in [-0.15, -0.1) is 0 Å². The Morgan fingerprint density at radius 1 is 1.18 bits per heavy atom. The Bertz CT molecular complexity index is 542. The van der Waals surface area contributed by atoms with Crippen molar-refractivity contribution < 1.29 is 13.2 Å². The van der Waals surface area contributed by atoms with E-state index in [9.17, 15) is 13.2 Å². The highest BCUT2D eigenvalue weighted by Crippen LogP contribution is 2.10. The second-order valence-electron chi connectivity index (χ2n) is 3.86. The minimum atomic E-state index is -3.59. The molecule has 5 heteroatoms. The molecule has 0 saturated heterocycles. The zero-order valence-corrected chi connectivity index (χ0v) is 10.8. The first-order valence-electron chi connectivity index (χ1n) is 5.09. The van der Waals surface area contributed by atoms with Gasteiger partial charge < -0.3 is 0 Å². The van der Waals surface area contributed by atoms with Crippen molar-refractivity contribution in [3.63, 3.8) is 0 Å². The van der Waals surface area contributed by atoms with Gasteiger partial charge in [0.15, 0.2) is 5.78 Å². The molecule has 0 aromatic heterocycles. The van der Waals surface area contributed by atoms with E-state index >= 15 is 0 Å². The van der Waals surface area contributed by atoms with Gasteiger partial charge in [0.1, 0.15) is 0 Å². The van der Waals surface area contributed by atoms with E-state index in [1.54, 1.807) is 12.1 Å².